The van der Waals surface area contributed by atoms with E-state index in [0.717, 1.165) is 6.07 Å². The molecule has 18 heavy (non-hydrogen) atoms. The van der Waals surface area contributed by atoms with Gasteiger partial charge in [-0.15, -0.1) is 0 Å². The number of benzene rings is 1. The number of carbonyl (C=O) groups is 2. The van der Waals surface area contributed by atoms with Gasteiger partial charge < -0.3 is 20.9 Å². The lowest BCUT2D eigenvalue weighted by molar-refractivity contribution is -0.141. The van der Waals surface area contributed by atoms with E-state index in [9.17, 15) is 14.0 Å². The number of anilines is 1. The summed E-state index contributed by atoms with van der Waals surface area (Å²) in [5.41, 5.74) is 5.20. The molecule has 0 aliphatic rings. The van der Waals surface area contributed by atoms with E-state index in [0.29, 0.717) is 6.61 Å². The Morgan fingerprint density at radius 3 is 2.72 bits per heavy atom. The molecule has 1 rings (SSSR count). The SMILES string of the molecule is CCOc1ccc(NC(=O)C(N)C(=O)O)cc1F. The molecular formula is C11H13FN2O4. The van der Waals surface area contributed by atoms with Crippen molar-refractivity contribution in [2.75, 3.05) is 11.9 Å². The second-order valence-corrected chi connectivity index (χ2v) is 3.38. The number of nitrogens with one attached hydrogen (secondary N) is 1. The third-order valence-corrected chi connectivity index (χ3v) is 2.05. The fraction of sp³-hybridized carbons (Fsp3) is 0.273. The van der Waals surface area contributed by atoms with Crippen molar-refractivity contribution in [3.05, 3.63) is 24.0 Å². The second kappa shape index (κ2) is 5.97. The predicted molar refractivity (Wildman–Crippen MR) is 61.8 cm³/mol. The molecule has 1 atom stereocenters. The van der Waals surface area contributed by atoms with Crippen LogP contribution >= 0.6 is 0 Å². The summed E-state index contributed by atoms with van der Waals surface area (Å²) in [6, 6.07) is 2.05. The molecule has 0 fully saturated rings. The van der Waals surface area contributed by atoms with Crippen LogP contribution in [0.1, 0.15) is 6.92 Å². The van der Waals surface area contributed by atoms with Crippen LogP contribution in [0.5, 0.6) is 5.75 Å². The molecule has 7 heteroatoms. The highest BCUT2D eigenvalue weighted by atomic mass is 19.1. The summed E-state index contributed by atoms with van der Waals surface area (Å²) >= 11 is 0. The Balaban J connectivity index is 2.77. The van der Waals surface area contributed by atoms with Crippen molar-refractivity contribution in [2.24, 2.45) is 5.73 Å². The van der Waals surface area contributed by atoms with Crippen LogP contribution in [0.2, 0.25) is 0 Å². The van der Waals surface area contributed by atoms with Gasteiger partial charge >= 0.3 is 5.97 Å². The van der Waals surface area contributed by atoms with Crippen molar-refractivity contribution >= 4 is 17.6 Å². The molecule has 4 N–H and O–H groups in total. The van der Waals surface area contributed by atoms with E-state index in [2.05, 4.69) is 5.32 Å². The molecule has 0 saturated carbocycles. The maximum absolute atomic E-state index is 13.4. The molecule has 0 aromatic heterocycles. The summed E-state index contributed by atoms with van der Waals surface area (Å²) in [7, 11) is 0. The number of amides is 1. The molecule has 0 heterocycles. The number of halogens is 1. The highest BCUT2D eigenvalue weighted by Gasteiger charge is 2.21. The van der Waals surface area contributed by atoms with E-state index >= 15 is 0 Å². The van der Waals surface area contributed by atoms with E-state index < -0.39 is 23.7 Å². The lowest BCUT2D eigenvalue weighted by Crippen LogP contribution is -2.42. The fourth-order valence-electron chi connectivity index (χ4n) is 1.18. The first kappa shape index (κ1) is 13.9. The van der Waals surface area contributed by atoms with Gasteiger partial charge in [-0.3, -0.25) is 4.79 Å². The summed E-state index contributed by atoms with van der Waals surface area (Å²) < 4.78 is 18.4. The number of ether oxygens (including phenoxy) is 1. The van der Waals surface area contributed by atoms with Gasteiger partial charge in [0.25, 0.3) is 5.91 Å². The van der Waals surface area contributed by atoms with Crippen LogP contribution in [-0.4, -0.2) is 29.6 Å². The Bertz CT molecular complexity index is 464. The Morgan fingerprint density at radius 2 is 2.22 bits per heavy atom. The first-order valence-corrected chi connectivity index (χ1v) is 5.17. The van der Waals surface area contributed by atoms with Gasteiger partial charge in [0.05, 0.1) is 6.61 Å². The Kier molecular flexibility index (Phi) is 4.61. The first-order valence-electron chi connectivity index (χ1n) is 5.17. The first-order chi connectivity index (χ1) is 8.45. The Hall–Kier alpha value is -2.15. The zero-order chi connectivity index (χ0) is 13.7. The van der Waals surface area contributed by atoms with E-state index in [4.69, 9.17) is 15.6 Å². The quantitative estimate of drug-likeness (QED) is 0.669. The summed E-state index contributed by atoms with van der Waals surface area (Å²) in [5, 5.41) is 10.7. The maximum Gasteiger partial charge on any atom is 0.330 e. The van der Waals surface area contributed by atoms with Crippen LogP contribution in [0, 0.1) is 5.82 Å². The molecule has 1 aromatic carbocycles. The number of nitrogens with two attached hydrogens (primary N) is 1. The standard InChI is InChI=1S/C11H13FN2O4/c1-2-18-8-4-3-6(5-7(8)12)14-10(15)9(13)11(16)17/h3-5,9H,2,13H2,1H3,(H,14,15)(H,16,17). The number of hydrogen-bond acceptors (Lipinski definition) is 4. The minimum atomic E-state index is -1.69. The highest BCUT2D eigenvalue weighted by Crippen LogP contribution is 2.21. The minimum absolute atomic E-state index is 0.0537. The number of hydrogen-bond donors (Lipinski definition) is 3. The van der Waals surface area contributed by atoms with Crippen LogP contribution in [0.4, 0.5) is 10.1 Å². The average Bonchev–Trinajstić information content (AvgIpc) is 2.31. The fourth-order valence-corrected chi connectivity index (χ4v) is 1.18. The molecule has 98 valence electrons. The smallest absolute Gasteiger partial charge is 0.330 e. The van der Waals surface area contributed by atoms with Gasteiger partial charge in [0, 0.05) is 11.8 Å². The normalized spacial score (nSPS) is 11.7. The zero-order valence-corrected chi connectivity index (χ0v) is 9.64. The molecule has 1 aromatic rings. The van der Waals surface area contributed by atoms with Gasteiger partial charge in [-0.05, 0) is 19.1 Å². The van der Waals surface area contributed by atoms with Crippen LogP contribution < -0.4 is 15.8 Å². The maximum atomic E-state index is 13.4. The molecule has 6 nitrogen and oxygen atoms in total. The zero-order valence-electron chi connectivity index (χ0n) is 9.64. The number of carboxylic acids is 1. The summed E-state index contributed by atoms with van der Waals surface area (Å²) in [6.45, 7) is 2.02. The third-order valence-electron chi connectivity index (χ3n) is 2.05. The third kappa shape index (κ3) is 3.42. The number of carboxylic acid groups (broad SMARTS) is 1. The van der Waals surface area contributed by atoms with E-state index in [-0.39, 0.29) is 11.4 Å². The van der Waals surface area contributed by atoms with Crippen molar-refractivity contribution in [1.82, 2.24) is 0 Å². The summed E-state index contributed by atoms with van der Waals surface area (Å²) in [4.78, 5) is 21.8. The van der Waals surface area contributed by atoms with Crippen molar-refractivity contribution in [1.29, 1.82) is 0 Å². The molecule has 1 unspecified atom stereocenters. The number of aliphatic carboxylic acids is 1. The van der Waals surface area contributed by atoms with E-state index in [1.165, 1.54) is 12.1 Å². The van der Waals surface area contributed by atoms with Crippen molar-refractivity contribution < 1.29 is 23.8 Å². The summed E-state index contributed by atoms with van der Waals surface area (Å²) in [5.74, 6) is -2.98. The highest BCUT2D eigenvalue weighted by molar-refractivity contribution is 6.07. The number of rotatable bonds is 5. The summed E-state index contributed by atoms with van der Waals surface area (Å²) in [6.07, 6.45) is 0. The topological polar surface area (TPSA) is 102 Å². The van der Waals surface area contributed by atoms with Gasteiger partial charge in [-0.1, -0.05) is 0 Å². The lowest BCUT2D eigenvalue weighted by atomic mass is 10.2. The minimum Gasteiger partial charge on any atom is -0.491 e. The number of carbonyl (C=O) groups excluding carboxylic acids is 1. The van der Waals surface area contributed by atoms with Crippen molar-refractivity contribution in [3.8, 4) is 5.75 Å². The molecule has 0 aliphatic carbocycles. The van der Waals surface area contributed by atoms with Crippen LogP contribution in [0.15, 0.2) is 18.2 Å². The van der Waals surface area contributed by atoms with E-state index in [1.807, 2.05) is 0 Å². The van der Waals surface area contributed by atoms with Gasteiger partial charge in [-0.25, -0.2) is 9.18 Å². The van der Waals surface area contributed by atoms with Crippen LogP contribution in [-0.2, 0) is 9.59 Å². The largest absolute Gasteiger partial charge is 0.491 e. The molecule has 0 spiro atoms. The molecule has 0 radical (unpaired) electrons. The lowest BCUT2D eigenvalue weighted by Gasteiger charge is -2.10. The van der Waals surface area contributed by atoms with Gasteiger partial charge in [0.1, 0.15) is 0 Å². The second-order valence-electron chi connectivity index (χ2n) is 3.38. The van der Waals surface area contributed by atoms with Crippen molar-refractivity contribution in [3.63, 3.8) is 0 Å². The van der Waals surface area contributed by atoms with Gasteiger partial charge in [0.2, 0.25) is 0 Å². The molecular weight excluding hydrogens is 243 g/mol. The van der Waals surface area contributed by atoms with Gasteiger partial charge in [-0.2, -0.15) is 0 Å². The molecule has 0 saturated heterocycles. The molecule has 0 bridgehead atoms. The molecule has 1 amide bonds. The predicted octanol–water partition coefficient (Wildman–Crippen LogP) is 0.575. The van der Waals surface area contributed by atoms with Gasteiger partial charge in [0.15, 0.2) is 17.6 Å². The van der Waals surface area contributed by atoms with E-state index in [1.54, 1.807) is 6.92 Å². The average molecular weight is 256 g/mol. The van der Waals surface area contributed by atoms with Crippen molar-refractivity contribution in [2.45, 2.75) is 13.0 Å². The van der Waals surface area contributed by atoms with Crippen LogP contribution in [0.3, 0.4) is 0 Å². The Labute approximate surface area is 103 Å². The van der Waals surface area contributed by atoms with Crippen LogP contribution in [0.25, 0.3) is 0 Å². The molecule has 0 aliphatic heterocycles. The Morgan fingerprint density at radius 1 is 1.56 bits per heavy atom. The monoisotopic (exact) mass is 256 g/mol.